The Hall–Kier alpha value is -2.18. The predicted molar refractivity (Wildman–Crippen MR) is 111 cm³/mol. The Bertz CT molecular complexity index is 895. The van der Waals surface area contributed by atoms with Crippen molar-refractivity contribution in [2.24, 2.45) is 4.99 Å². The molecule has 3 aromatic rings. The van der Waals surface area contributed by atoms with Crippen LogP contribution in [0.25, 0.3) is 0 Å². The zero-order valence-corrected chi connectivity index (χ0v) is 17.2. The minimum atomic E-state index is 0.499. The number of methoxy groups -OCH3 is 1. The molecule has 0 amide bonds. The lowest BCUT2D eigenvalue weighted by molar-refractivity contribution is 0.305. The SMILES string of the molecule is COc1ccc(N=Cc2ccc(OCc3ccc(Br)cc3Br)cc2)cn1. The lowest BCUT2D eigenvalue weighted by Gasteiger charge is -2.08. The van der Waals surface area contributed by atoms with Gasteiger partial charge in [-0.05, 0) is 48.0 Å². The van der Waals surface area contributed by atoms with Gasteiger partial charge in [0.2, 0.25) is 5.88 Å². The van der Waals surface area contributed by atoms with Crippen LogP contribution < -0.4 is 9.47 Å². The van der Waals surface area contributed by atoms with E-state index in [0.717, 1.165) is 31.5 Å². The normalized spacial score (nSPS) is 10.9. The van der Waals surface area contributed by atoms with Crippen molar-refractivity contribution in [3.63, 3.8) is 0 Å². The summed E-state index contributed by atoms with van der Waals surface area (Å²) in [7, 11) is 1.59. The Kier molecular flexibility index (Phi) is 6.41. The third-order valence-corrected chi connectivity index (χ3v) is 4.81. The quantitative estimate of drug-likeness (QED) is 0.414. The predicted octanol–water partition coefficient (Wildman–Crippen LogP) is 5.94. The number of pyridine rings is 1. The van der Waals surface area contributed by atoms with Crippen molar-refractivity contribution in [2.45, 2.75) is 6.61 Å². The number of rotatable bonds is 6. The molecular weight excluding hydrogens is 460 g/mol. The van der Waals surface area contributed by atoms with Crippen molar-refractivity contribution in [3.05, 3.63) is 80.9 Å². The molecule has 0 aliphatic carbocycles. The van der Waals surface area contributed by atoms with E-state index in [1.165, 1.54) is 0 Å². The molecule has 0 spiro atoms. The number of aliphatic imine (C=N–C) groups is 1. The number of hydrogen-bond donors (Lipinski definition) is 0. The van der Waals surface area contributed by atoms with Crippen molar-refractivity contribution < 1.29 is 9.47 Å². The maximum absolute atomic E-state index is 5.84. The van der Waals surface area contributed by atoms with Gasteiger partial charge in [-0.15, -0.1) is 0 Å². The van der Waals surface area contributed by atoms with Crippen LogP contribution in [0.15, 0.2) is 74.7 Å². The lowest BCUT2D eigenvalue weighted by atomic mass is 10.2. The number of benzene rings is 2. The maximum atomic E-state index is 5.84. The first-order valence-electron chi connectivity index (χ1n) is 7.85. The van der Waals surface area contributed by atoms with E-state index in [9.17, 15) is 0 Å². The van der Waals surface area contributed by atoms with Crippen LogP contribution in [0, 0.1) is 0 Å². The molecule has 0 unspecified atom stereocenters. The fraction of sp³-hybridized carbons (Fsp3) is 0.100. The maximum Gasteiger partial charge on any atom is 0.213 e. The number of halogens is 2. The molecule has 0 atom stereocenters. The molecule has 0 radical (unpaired) electrons. The van der Waals surface area contributed by atoms with Crippen molar-refractivity contribution in [1.29, 1.82) is 0 Å². The van der Waals surface area contributed by atoms with Gasteiger partial charge >= 0.3 is 0 Å². The number of ether oxygens (including phenoxy) is 2. The monoisotopic (exact) mass is 474 g/mol. The van der Waals surface area contributed by atoms with Crippen LogP contribution in [0.5, 0.6) is 11.6 Å². The summed E-state index contributed by atoms with van der Waals surface area (Å²) >= 11 is 6.99. The van der Waals surface area contributed by atoms with E-state index in [2.05, 4.69) is 41.8 Å². The molecule has 4 nitrogen and oxygen atoms in total. The van der Waals surface area contributed by atoms with Crippen molar-refractivity contribution in [3.8, 4) is 11.6 Å². The van der Waals surface area contributed by atoms with Gasteiger partial charge in [-0.25, -0.2) is 4.98 Å². The molecule has 3 rings (SSSR count). The largest absolute Gasteiger partial charge is 0.489 e. The fourth-order valence-corrected chi connectivity index (χ4v) is 3.33. The van der Waals surface area contributed by atoms with Crippen LogP contribution in [0.4, 0.5) is 5.69 Å². The molecule has 0 saturated heterocycles. The fourth-order valence-electron chi connectivity index (χ4n) is 2.17. The molecule has 0 aliphatic rings. The van der Waals surface area contributed by atoms with E-state index in [-0.39, 0.29) is 0 Å². The van der Waals surface area contributed by atoms with Crippen LogP contribution in [0.3, 0.4) is 0 Å². The van der Waals surface area contributed by atoms with Gasteiger partial charge < -0.3 is 9.47 Å². The van der Waals surface area contributed by atoms with E-state index in [4.69, 9.17) is 9.47 Å². The minimum absolute atomic E-state index is 0.499. The molecule has 132 valence electrons. The Morgan fingerprint density at radius 1 is 1.04 bits per heavy atom. The Morgan fingerprint density at radius 2 is 1.85 bits per heavy atom. The van der Waals surface area contributed by atoms with Gasteiger partial charge in [-0.1, -0.05) is 37.9 Å². The van der Waals surface area contributed by atoms with Gasteiger partial charge in [-0.3, -0.25) is 4.99 Å². The van der Waals surface area contributed by atoms with Crippen LogP contribution in [-0.2, 0) is 6.61 Å². The molecular formula is C20H16Br2N2O2. The molecule has 6 heteroatoms. The van der Waals surface area contributed by atoms with E-state index in [1.807, 2.05) is 48.5 Å². The summed E-state index contributed by atoms with van der Waals surface area (Å²) in [6.45, 7) is 0.499. The van der Waals surface area contributed by atoms with Crippen LogP contribution in [0.2, 0.25) is 0 Å². The van der Waals surface area contributed by atoms with Gasteiger partial charge in [0.15, 0.2) is 0 Å². The van der Waals surface area contributed by atoms with Crippen molar-refractivity contribution in [2.75, 3.05) is 7.11 Å². The molecule has 26 heavy (non-hydrogen) atoms. The smallest absolute Gasteiger partial charge is 0.213 e. The summed E-state index contributed by atoms with van der Waals surface area (Å²) in [6.07, 6.45) is 3.46. The highest BCUT2D eigenvalue weighted by molar-refractivity contribution is 9.11. The first kappa shape index (κ1) is 18.6. The minimum Gasteiger partial charge on any atom is -0.489 e. The van der Waals surface area contributed by atoms with Gasteiger partial charge in [0.05, 0.1) is 19.0 Å². The second-order valence-corrected chi connectivity index (χ2v) is 7.18. The Balaban J connectivity index is 1.59. The van der Waals surface area contributed by atoms with Crippen LogP contribution in [-0.4, -0.2) is 18.3 Å². The molecule has 0 fully saturated rings. The standard InChI is InChI=1S/C20H16Br2N2O2/c1-25-20-9-6-17(12-24-20)23-11-14-2-7-18(8-3-14)26-13-15-4-5-16(21)10-19(15)22/h2-12H,13H2,1H3. The van der Waals surface area contributed by atoms with Gasteiger partial charge in [-0.2, -0.15) is 0 Å². The van der Waals surface area contributed by atoms with E-state index >= 15 is 0 Å². The second-order valence-electron chi connectivity index (χ2n) is 5.41. The molecule has 0 aliphatic heterocycles. The first-order valence-corrected chi connectivity index (χ1v) is 9.43. The first-order chi connectivity index (χ1) is 12.6. The number of nitrogens with zero attached hydrogens (tertiary/aromatic N) is 2. The highest BCUT2D eigenvalue weighted by Crippen LogP contribution is 2.23. The summed E-state index contributed by atoms with van der Waals surface area (Å²) in [5.74, 6) is 1.38. The van der Waals surface area contributed by atoms with Crippen molar-refractivity contribution >= 4 is 43.8 Å². The Morgan fingerprint density at radius 3 is 2.50 bits per heavy atom. The van der Waals surface area contributed by atoms with Crippen LogP contribution in [0.1, 0.15) is 11.1 Å². The summed E-state index contributed by atoms with van der Waals surface area (Å²) < 4.78 is 12.9. The molecule has 0 saturated carbocycles. The molecule has 1 aromatic heterocycles. The number of hydrogen-bond acceptors (Lipinski definition) is 4. The lowest BCUT2D eigenvalue weighted by Crippen LogP contribution is -1.96. The van der Waals surface area contributed by atoms with E-state index in [0.29, 0.717) is 12.5 Å². The zero-order valence-electron chi connectivity index (χ0n) is 14.0. The average Bonchev–Trinajstić information content (AvgIpc) is 2.67. The second kappa shape index (κ2) is 8.96. The van der Waals surface area contributed by atoms with Gasteiger partial charge in [0.1, 0.15) is 12.4 Å². The van der Waals surface area contributed by atoms with Gasteiger partial charge in [0.25, 0.3) is 0 Å². The van der Waals surface area contributed by atoms with Crippen LogP contribution >= 0.6 is 31.9 Å². The van der Waals surface area contributed by atoms with Crippen molar-refractivity contribution in [1.82, 2.24) is 4.98 Å². The third-order valence-electron chi connectivity index (χ3n) is 3.58. The average molecular weight is 476 g/mol. The summed E-state index contributed by atoms with van der Waals surface area (Å²) in [5, 5.41) is 0. The molecule has 1 heterocycles. The zero-order chi connectivity index (χ0) is 18.4. The van der Waals surface area contributed by atoms with Gasteiger partial charge in [0, 0.05) is 26.8 Å². The molecule has 0 N–H and O–H groups in total. The topological polar surface area (TPSA) is 43.7 Å². The summed E-state index contributed by atoms with van der Waals surface area (Å²) in [4.78, 5) is 8.53. The molecule has 2 aromatic carbocycles. The summed E-state index contributed by atoms with van der Waals surface area (Å²) in [6, 6.07) is 17.5. The highest BCUT2D eigenvalue weighted by Gasteiger charge is 2.02. The number of aromatic nitrogens is 1. The third kappa shape index (κ3) is 5.16. The summed E-state index contributed by atoms with van der Waals surface area (Å²) in [5.41, 5.74) is 2.84. The Labute approximate surface area is 169 Å². The van der Waals surface area contributed by atoms with E-state index in [1.54, 1.807) is 25.6 Å². The molecule has 0 bridgehead atoms. The van der Waals surface area contributed by atoms with E-state index < -0.39 is 0 Å². The highest BCUT2D eigenvalue weighted by atomic mass is 79.9.